The number of aromatic nitrogens is 4. The van der Waals surface area contributed by atoms with E-state index in [1.165, 1.54) is 21.9 Å². The van der Waals surface area contributed by atoms with Crippen molar-refractivity contribution >= 4 is 34.4 Å². The Morgan fingerprint density at radius 1 is 1.02 bits per heavy atom. The van der Waals surface area contributed by atoms with Crippen molar-refractivity contribution in [1.82, 2.24) is 24.4 Å². The van der Waals surface area contributed by atoms with Gasteiger partial charge in [-0.3, -0.25) is 9.69 Å². The number of nitrogens with one attached hydrogen (secondary N) is 1. The highest BCUT2D eigenvalue weighted by Gasteiger charge is 2.27. The molecule has 0 atom stereocenters. The first kappa shape index (κ1) is 27.2. The standard InChI is InChI=1S/C28H31F2N7O3/c1-17-19-14-31-21(13-20(19)37(18-7-5-6-8-18)26(38)24(17)25(29)30)34-22-15-33-23(16-32-22)35-9-11-36(12-10-35)27(39)40-28(2,3)4/h9-16,18,25H,5-8H2,1-4H3,(H,31,32,34). The number of rotatable bonds is 5. The molecule has 1 amide bonds. The molecular formula is C28H31F2N7O3. The lowest BCUT2D eigenvalue weighted by molar-refractivity contribution is 0.0397. The minimum absolute atomic E-state index is 0.126. The van der Waals surface area contributed by atoms with Gasteiger partial charge in [0.25, 0.3) is 12.0 Å². The molecule has 210 valence electrons. The van der Waals surface area contributed by atoms with E-state index in [4.69, 9.17) is 4.74 Å². The van der Waals surface area contributed by atoms with E-state index in [2.05, 4.69) is 20.3 Å². The van der Waals surface area contributed by atoms with Crippen LogP contribution in [0.1, 0.15) is 70.0 Å². The molecule has 0 spiro atoms. The van der Waals surface area contributed by atoms with Gasteiger partial charge in [0.15, 0.2) is 5.82 Å². The highest BCUT2D eigenvalue weighted by molar-refractivity contribution is 5.85. The van der Waals surface area contributed by atoms with E-state index in [0.29, 0.717) is 28.4 Å². The number of aryl methyl sites for hydroxylation is 1. The zero-order valence-electron chi connectivity index (χ0n) is 22.8. The van der Waals surface area contributed by atoms with E-state index in [9.17, 15) is 18.4 Å². The second kappa shape index (κ2) is 10.7. The van der Waals surface area contributed by atoms with Crippen molar-refractivity contribution < 1.29 is 18.3 Å². The number of pyridine rings is 2. The molecule has 3 aromatic rings. The van der Waals surface area contributed by atoms with Crippen LogP contribution in [0.3, 0.4) is 0 Å². The SMILES string of the molecule is Cc1c(C(F)F)c(=O)n(C2CCCC2)c2cc(Nc3cnc(N4C=CN(C(=O)OC(C)(C)C)C=C4)cn3)ncc12. The molecule has 1 fully saturated rings. The fourth-order valence-corrected chi connectivity index (χ4v) is 4.95. The Kier molecular flexibility index (Phi) is 7.26. The summed E-state index contributed by atoms with van der Waals surface area (Å²) in [6.07, 6.45) is 11.1. The molecule has 2 aliphatic rings. The Morgan fingerprint density at radius 3 is 2.30 bits per heavy atom. The van der Waals surface area contributed by atoms with Crippen molar-refractivity contribution in [3.8, 4) is 0 Å². The number of alkyl halides is 2. The van der Waals surface area contributed by atoms with Crippen molar-refractivity contribution in [2.45, 2.75) is 71.4 Å². The average Bonchev–Trinajstić information content (AvgIpc) is 3.42. The second-order valence-electron chi connectivity index (χ2n) is 10.8. The van der Waals surface area contributed by atoms with E-state index in [0.717, 1.165) is 25.7 Å². The van der Waals surface area contributed by atoms with Crippen molar-refractivity contribution in [2.24, 2.45) is 0 Å². The van der Waals surface area contributed by atoms with Crippen molar-refractivity contribution in [1.29, 1.82) is 0 Å². The first-order valence-electron chi connectivity index (χ1n) is 13.1. The van der Waals surface area contributed by atoms with Gasteiger partial charge in [-0.15, -0.1) is 0 Å². The Morgan fingerprint density at radius 2 is 1.70 bits per heavy atom. The number of anilines is 3. The summed E-state index contributed by atoms with van der Waals surface area (Å²) in [4.78, 5) is 41.7. The number of carbonyl (C=O) groups excluding carboxylic acids is 1. The van der Waals surface area contributed by atoms with Gasteiger partial charge in [-0.1, -0.05) is 12.8 Å². The molecule has 1 N–H and O–H groups in total. The number of hydrogen-bond donors (Lipinski definition) is 1. The molecule has 1 saturated carbocycles. The molecule has 0 aromatic carbocycles. The summed E-state index contributed by atoms with van der Waals surface area (Å²) < 4.78 is 34.5. The van der Waals surface area contributed by atoms with Crippen LogP contribution in [0, 0.1) is 6.92 Å². The minimum Gasteiger partial charge on any atom is -0.443 e. The third-order valence-corrected chi connectivity index (χ3v) is 6.85. The maximum atomic E-state index is 13.8. The Hall–Kier alpha value is -4.35. The molecule has 5 rings (SSSR count). The number of carbonyl (C=O) groups is 1. The van der Waals surface area contributed by atoms with E-state index in [1.807, 2.05) is 0 Å². The van der Waals surface area contributed by atoms with Gasteiger partial charge in [0, 0.05) is 48.5 Å². The molecule has 3 aromatic heterocycles. The largest absolute Gasteiger partial charge is 0.443 e. The van der Waals surface area contributed by atoms with Crippen LogP contribution in [-0.4, -0.2) is 36.1 Å². The van der Waals surface area contributed by atoms with Crippen molar-refractivity contribution in [3.05, 3.63) is 70.9 Å². The van der Waals surface area contributed by atoms with Gasteiger partial charge >= 0.3 is 6.09 Å². The smallest absolute Gasteiger partial charge is 0.418 e. The summed E-state index contributed by atoms with van der Waals surface area (Å²) in [6, 6.07) is 1.58. The lowest BCUT2D eigenvalue weighted by Crippen LogP contribution is -2.32. The van der Waals surface area contributed by atoms with Gasteiger partial charge in [0.1, 0.15) is 17.2 Å². The fourth-order valence-electron chi connectivity index (χ4n) is 4.95. The summed E-state index contributed by atoms with van der Waals surface area (Å²) >= 11 is 0. The van der Waals surface area contributed by atoms with Crippen LogP contribution < -0.4 is 15.8 Å². The molecule has 10 nitrogen and oxygen atoms in total. The summed E-state index contributed by atoms with van der Waals surface area (Å²) in [7, 11) is 0. The number of amides is 1. The van der Waals surface area contributed by atoms with Crippen LogP contribution in [0.2, 0.25) is 0 Å². The van der Waals surface area contributed by atoms with Gasteiger partial charge in [-0.05, 0) is 46.1 Å². The van der Waals surface area contributed by atoms with Crippen molar-refractivity contribution in [3.63, 3.8) is 0 Å². The molecule has 0 radical (unpaired) electrons. The summed E-state index contributed by atoms with van der Waals surface area (Å²) in [5.74, 6) is 1.33. The number of hydrogen-bond acceptors (Lipinski definition) is 8. The highest BCUT2D eigenvalue weighted by atomic mass is 19.3. The zero-order chi connectivity index (χ0) is 28.6. The topological polar surface area (TPSA) is 105 Å². The summed E-state index contributed by atoms with van der Waals surface area (Å²) in [6.45, 7) is 6.93. The normalized spacial score (nSPS) is 15.9. The van der Waals surface area contributed by atoms with E-state index < -0.39 is 29.2 Å². The number of fused-ring (bicyclic) bond motifs is 1. The second-order valence-corrected chi connectivity index (χ2v) is 10.8. The number of ether oxygens (including phenoxy) is 1. The predicted molar refractivity (Wildman–Crippen MR) is 147 cm³/mol. The maximum absolute atomic E-state index is 13.8. The molecule has 0 saturated heterocycles. The van der Waals surface area contributed by atoms with Crippen LogP contribution in [0.4, 0.5) is 31.0 Å². The van der Waals surface area contributed by atoms with Gasteiger partial charge < -0.3 is 19.5 Å². The predicted octanol–water partition coefficient (Wildman–Crippen LogP) is 6.29. The third-order valence-electron chi connectivity index (χ3n) is 6.85. The van der Waals surface area contributed by atoms with E-state index >= 15 is 0 Å². The third kappa shape index (κ3) is 5.51. The summed E-state index contributed by atoms with van der Waals surface area (Å²) in [5, 5.41) is 3.62. The minimum atomic E-state index is -2.86. The molecule has 1 aliphatic heterocycles. The first-order valence-corrected chi connectivity index (χ1v) is 13.1. The molecular weight excluding hydrogens is 520 g/mol. The van der Waals surface area contributed by atoms with E-state index in [1.54, 1.807) is 69.7 Å². The lowest BCUT2D eigenvalue weighted by Gasteiger charge is -2.26. The monoisotopic (exact) mass is 551 g/mol. The van der Waals surface area contributed by atoms with E-state index in [-0.39, 0.29) is 11.6 Å². The Balaban J connectivity index is 1.36. The van der Waals surface area contributed by atoms with Crippen molar-refractivity contribution in [2.75, 3.05) is 10.2 Å². The molecule has 0 bridgehead atoms. The lowest BCUT2D eigenvalue weighted by atomic mass is 10.0. The van der Waals surface area contributed by atoms with Gasteiger partial charge in [0.2, 0.25) is 0 Å². The van der Waals surface area contributed by atoms with Crippen LogP contribution in [-0.2, 0) is 4.74 Å². The maximum Gasteiger partial charge on any atom is 0.418 e. The molecule has 1 aliphatic carbocycles. The zero-order valence-corrected chi connectivity index (χ0v) is 22.8. The molecule has 40 heavy (non-hydrogen) atoms. The first-order chi connectivity index (χ1) is 19.0. The highest BCUT2D eigenvalue weighted by Crippen LogP contribution is 2.34. The fraction of sp³-hybridized carbons (Fsp3) is 0.393. The quantitative estimate of drug-likeness (QED) is 0.394. The van der Waals surface area contributed by atoms with Crippen LogP contribution >= 0.6 is 0 Å². The Labute approximate surface area is 230 Å². The van der Waals surface area contributed by atoms with Gasteiger partial charge in [-0.2, -0.15) is 0 Å². The van der Waals surface area contributed by atoms with Gasteiger partial charge in [-0.25, -0.2) is 28.5 Å². The Bertz CT molecular complexity index is 1520. The van der Waals surface area contributed by atoms with Crippen LogP contribution in [0.25, 0.3) is 10.9 Å². The van der Waals surface area contributed by atoms with Gasteiger partial charge in [0.05, 0.1) is 23.5 Å². The van der Waals surface area contributed by atoms with Crippen LogP contribution in [0.5, 0.6) is 0 Å². The summed E-state index contributed by atoms with van der Waals surface area (Å²) in [5.41, 5.74) is -0.884. The molecule has 12 heteroatoms. The number of halogens is 2. The molecule has 0 unspecified atom stereocenters. The average molecular weight is 552 g/mol. The van der Waals surface area contributed by atoms with Crippen LogP contribution in [0.15, 0.2) is 54.3 Å². The molecule has 4 heterocycles. The number of nitrogens with zero attached hydrogens (tertiary/aromatic N) is 6.